The largest absolute Gasteiger partial charge is 0.366 e. The summed E-state index contributed by atoms with van der Waals surface area (Å²) < 4.78 is 2.17. The van der Waals surface area contributed by atoms with Gasteiger partial charge in [-0.25, -0.2) is 0 Å². The van der Waals surface area contributed by atoms with E-state index in [0.29, 0.717) is 5.56 Å². The Labute approximate surface area is 119 Å². The van der Waals surface area contributed by atoms with Crippen molar-refractivity contribution >= 4 is 5.91 Å². The standard InChI is InChI=1S/C16H21N3O/c1-4-5-10-19-11(2)14(13-8-6-7-9-18-13)15(12(19)3)16(17)20/h6-9H,4-5,10H2,1-3H3,(H2,17,20). The van der Waals surface area contributed by atoms with E-state index in [9.17, 15) is 4.79 Å². The molecule has 0 aromatic carbocycles. The molecular formula is C16H21N3O. The second-order valence-corrected chi connectivity index (χ2v) is 5.01. The smallest absolute Gasteiger partial charge is 0.251 e. The van der Waals surface area contributed by atoms with E-state index in [4.69, 9.17) is 5.73 Å². The fraction of sp³-hybridized carbons (Fsp3) is 0.375. The molecule has 1 amide bonds. The number of rotatable bonds is 5. The van der Waals surface area contributed by atoms with Crippen molar-refractivity contribution in [1.82, 2.24) is 9.55 Å². The Morgan fingerprint density at radius 2 is 2.05 bits per heavy atom. The predicted octanol–water partition coefficient (Wildman–Crippen LogP) is 3.07. The monoisotopic (exact) mass is 271 g/mol. The van der Waals surface area contributed by atoms with Gasteiger partial charge in [-0.2, -0.15) is 0 Å². The molecule has 106 valence electrons. The lowest BCUT2D eigenvalue weighted by molar-refractivity contribution is 0.1000. The number of carbonyl (C=O) groups is 1. The van der Waals surface area contributed by atoms with Crippen LogP contribution >= 0.6 is 0 Å². The zero-order chi connectivity index (χ0) is 14.7. The van der Waals surface area contributed by atoms with E-state index in [1.165, 1.54) is 0 Å². The molecule has 0 saturated heterocycles. The van der Waals surface area contributed by atoms with E-state index in [1.54, 1.807) is 6.20 Å². The Kier molecular flexibility index (Phi) is 4.23. The van der Waals surface area contributed by atoms with Crippen LogP contribution in [0.15, 0.2) is 24.4 Å². The molecule has 0 bridgehead atoms. The van der Waals surface area contributed by atoms with Crippen molar-refractivity contribution in [2.75, 3.05) is 0 Å². The summed E-state index contributed by atoms with van der Waals surface area (Å²) in [5.74, 6) is -0.387. The highest BCUT2D eigenvalue weighted by molar-refractivity contribution is 6.01. The van der Waals surface area contributed by atoms with E-state index in [2.05, 4.69) is 16.5 Å². The number of hydrogen-bond donors (Lipinski definition) is 1. The SMILES string of the molecule is CCCCn1c(C)c(C(N)=O)c(-c2ccccn2)c1C. The molecule has 2 heterocycles. The Morgan fingerprint density at radius 1 is 1.30 bits per heavy atom. The highest BCUT2D eigenvalue weighted by Gasteiger charge is 2.22. The van der Waals surface area contributed by atoms with Crippen LogP contribution in [0.25, 0.3) is 11.3 Å². The average molecular weight is 271 g/mol. The van der Waals surface area contributed by atoms with Crippen molar-refractivity contribution in [3.8, 4) is 11.3 Å². The summed E-state index contributed by atoms with van der Waals surface area (Å²) in [5, 5.41) is 0. The third kappa shape index (κ3) is 2.46. The molecule has 4 nitrogen and oxygen atoms in total. The molecule has 4 heteroatoms. The quantitative estimate of drug-likeness (QED) is 0.908. The van der Waals surface area contributed by atoms with Gasteiger partial charge in [-0.3, -0.25) is 9.78 Å². The first-order chi connectivity index (χ1) is 9.57. The number of aromatic nitrogens is 2. The first-order valence-electron chi connectivity index (χ1n) is 6.98. The Hall–Kier alpha value is -2.10. The van der Waals surface area contributed by atoms with Gasteiger partial charge in [0.25, 0.3) is 5.91 Å². The van der Waals surface area contributed by atoms with Crippen LogP contribution in [0.2, 0.25) is 0 Å². The highest BCUT2D eigenvalue weighted by Crippen LogP contribution is 2.31. The molecule has 0 aliphatic rings. The van der Waals surface area contributed by atoms with Gasteiger partial charge in [0.1, 0.15) is 0 Å². The van der Waals surface area contributed by atoms with Gasteiger partial charge in [0.05, 0.1) is 11.3 Å². The summed E-state index contributed by atoms with van der Waals surface area (Å²) in [6, 6.07) is 5.70. The van der Waals surface area contributed by atoms with Gasteiger partial charge in [-0.1, -0.05) is 19.4 Å². The Balaban J connectivity index is 2.63. The second-order valence-electron chi connectivity index (χ2n) is 5.01. The molecule has 2 aromatic heterocycles. The van der Waals surface area contributed by atoms with Crippen LogP contribution in [0, 0.1) is 13.8 Å². The second kappa shape index (κ2) is 5.90. The van der Waals surface area contributed by atoms with Crippen LogP contribution in [0.3, 0.4) is 0 Å². The normalized spacial score (nSPS) is 10.8. The molecule has 20 heavy (non-hydrogen) atoms. The summed E-state index contributed by atoms with van der Waals surface area (Å²) in [7, 11) is 0. The molecule has 0 spiro atoms. The van der Waals surface area contributed by atoms with E-state index in [0.717, 1.165) is 42.0 Å². The van der Waals surface area contributed by atoms with Crippen LogP contribution in [0.1, 0.15) is 41.5 Å². The van der Waals surface area contributed by atoms with E-state index in [-0.39, 0.29) is 5.91 Å². The number of primary amides is 1. The number of unbranched alkanes of at least 4 members (excludes halogenated alkanes) is 1. The van der Waals surface area contributed by atoms with Crippen LogP contribution in [-0.2, 0) is 6.54 Å². The Morgan fingerprint density at radius 3 is 2.60 bits per heavy atom. The number of hydrogen-bond acceptors (Lipinski definition) is 2. The number of nitrogens with zero attached hydrogens (tertiary/aromatic N) is 2. The molecule has 0 unspecified atom stereocenters. The molecule has 0 saturated carbocycles. The van der Waals surface area contributed by atoms with Crippen molar-refractivity contribution in [3.05, 3.63) is 41.3 Å². The third-order valence-corrected chi connectivity index (χ3v) is 3.69. The third-order valence-electron chi connectivity index (χ3n) is 3.69. The van der Waals surface area contributed by atoms with Gasteiger partial charge in [0.2, 0.25) is 0 Å². The van der Waals surface area contributed by atoms with Crippen LogP contribution in [-0.4, -0.2) is 15.5 Å². The topological polar surface area (TPSA) is 60.9 Å². The minimum atomic E-state index is -0.387. The van der Waals surface area contributed by atoms with Gasteiger partial charge in [-0.05, 0) is 32.4 Å². The predicted molar refractivity (Wildman–Crippen MR) is 80.6 cm³/mol. The fourth-order valence-corrected chi connectivity index (χ4v) is 2.66. The lowest BCUT2D eigenvalue weighted by atomic mass is 10.0. The molecule has 0 aliphatic carbocycles. The van der Waals surface area contributed by atoms with Crippen molar-refractivity contribution in [1.29, 1.82) is 0 Å². The molecule has 0 radical (unpaired) electrons. The number of pyridine rings is 1. The zero-order valence-electron chi connectivity index (χ0n) is 12.3. The minimum absolute atomic E-state index is 0.387. The van der Waals surface area contributed by atoms with Gasteiger partial charge in [0, 0.05) is 29.7 Å². The molecule has 0 fully saturated rings. The first kappa shape index (κ1) is 14.3. The van der Waals surface area contributed by atoms with E-state index in [1.807, 2.05) is 32.0 Å². The van der Waals surface area contributed by atoms with Gasteiger partial charge < -0.3 is 10.3 Å². The summed E-state index contributed by atoms with van der Waals surface area (Å²) in [6.45, 7) is 7.04. The molecular weight excluding hydrogens is 250 g/mol. The average Bonchev–Trinajstić information content (AvgIpc) is 2.69. The lowest BCUT2D eigenvalue weighted by Gasteiger charge is -2.08. The van der Waals surface area contributed by atoms with E-state index < -0.39 is 0 Å². The number of carbonyl (C=O) groups excluding carboxylic acids is 1. The van der Waals surface area contributed by atoms with Crippen LogP contribution in [0.5, 0.6) is 0 Å². The molecule has 0 atom stereocenters. The summed E-state index contributed by atoms with van der Waals surface area (Å²) in [6.07, 6.45) is 3.93. The molecule has 2 N–H and O–H groups in total. The first-order valence-corrected chi connectivity index (χ1v) is 6.98. The minimum Gasteiger partial charge on any atom is -0.366 e. The lowest BCUT2D eigenvalue weighted by Crippen LogP contribution is -2.13. The summed E-state index contributed by atoms with van der Waals surface area (Å²) in [5.41, 5.74) is 9.84. The maximum atomic E-state index is 11.8. The van der Waals surface area contributed by atoms with Crippen molar-refractivity contribution in [2.24, 2.45) is 5.73 Å². The van der Waals surface area contributed by atoms with Crippen LogP contribution < -0.4 is 5.73 Å². The fourth-order valence-electron chi connectivity index (χ4n) is 2.66. The van der Waals surface area contributed by atoms with E-state index >= 15 is 0 Å². The van der Waals surface area contributed by atoms with Crippen molar-refractivity contribution < 1.29 is 4.79 Å². The van der Waals surface area contributed by atoms with Crippen LogP contribution in [0.4, 0.5) is 0 Å². The molecule has 2 rings (SSSR count). The molecule has 0 aliphatic heterocycles. The summed E-state index contributed by atoms with van der Waals surface area (Å²) in [4.78, 5) is 16.2. The highest BCUT2D eigenvalue weighted by atomic mass is 16.1. The van der Waals surface area contributed by atoms with Gasteiger partial charge in [0.15, 0.2) is 0 Å². The Bertz CT molecular complexity index is 614. The maximum absolute atomic E-state index is 11.8. The number of nitrogens with two attached hydrogens (primary N) is 1. The summed E-state index contributed by atoms with van der Waals surface area (Å²) >= 11 is 0. The maximum Gasteiger partial charge on any atom is 0.251 e. The van der Waals surface area contributed by atoms with Crippen molar-refractivity contribution in [2.45, 2.75) is 40.2 Å². The van der Waals surface area contributed by atoms with Crippen molar-refractivity contribution in [3.63, 3.8) is 0 Å². The molecule has 2 aromatic rings. The number of amides is 1. The van der Waals surface area contributed by atoms with Gasteiger partial charge in [-0.15, -0.1) is 0 Å². The zero-order valence-corrected chi connectivity index (χ0v) is 12.3. The van der Waals surface area contributed by atoms with Gasteiger partial charge >= 0.3 is 0 Å².